The highest BCUT2D eigenvalue weighted by molar-refractivity contribution is 5.64. The number of halogens is 2. The Morgan fingerprint density at radius 2 is 1.89 bits per heavy atom. The lowest BCUT2D eigenvalue weighted by Gasteiger charge is -2.28. The monoisotopic (exact) mass is 258 g/mol. The fraction of sp³-hybridized carbons (Fsp3) is 0.500. The van der Waals surface area contributed by atoms with Gasteiger partial charge in [0.1, 0.15) is 0 Å². The Kier molecular flexibility index (Phi) is 4.58. The van der Waals surface area contributed by atoms with Crippen molar-refractivity contribution in [3.63, 3.8) is 0 Å². The predicted molar refractivity (Wildman–Crippen MR) is 65.8 cm³/mol. The van der Waals surface area contributed by atoms with Crippen LogP contribution in [0.15, 0.2) is 12.1 Å². The van der Waals surface area contributed by atoms with E-state index >= 15 is 0 Å². The van der Waals surface area contributed by atoms with E-state index in [0.29, 0.717) is 12.8 Å². The molecule has 18 heavy (non-hydrogen) atoms. The van der Waals surface area contributed by atoms with Gasteiger partial charge in [0.05, 0.1) is 4.92 Å². The van der Waals surface area contributed by atoms with Gasteiger partial charge in [0.15, 0.2) is 17.3 Å². The van der Waals surface area contributed by atoms with Crippen molar-refractivity contribution in [2.75, 3.05) is 11.9 Å². The summed E-state index contributed by atoms with van der Waals surface area (Å²) in [5.41, 5.74) is -0.697. The number of nitrogens with zero attached hydrogens (tertiary/aromatic N) is 2. The molecular formula is C12H16F2N2O2. The third kappa shape index (κ3) is 2.57. The molecule has 1 aromatic rings. The highest BCUT2D eigenvalue weighted by Gasteiger charge is 2.27. The maximum Gasteiger partial charge on any atom is 0.295 e. The van der Waals surface area contributed by atoms with Crippen molar-refractivity contribution in [2.24, 2.45) is 0 Å². The zero-order chi connectivity index (χ0) is 13.9. The van der Waals surface area contributed by atoms with Crippen molar-refractivity contribution >= 4 is 11.4 Å². The van der Waals surface area contributed by atoms with Gasteiger partial charge in [-0.3, -0.25) is 10.1 Å². The minimum atomic E-state index is -1.17. The molecule has 0 heterocycles. The first-order valence-electron chi connectivity index (χ1n) is 5.79. The van der Waals surface area contributed by atoms with E-state index in [1.54, 1.807) is 7.05 Å². The first-order chi connectivity index (χ1) is 8.43. The Labute approximate surface area is 104 Å². The second kappa shape index (κ2) is 5.75. The number of benzene rings is 1. The van der Waals surface area contributed by atoms with Gasteiger partial charge in [-0.1, -0.05) is 13.8 Å². The molecule has 0 unspecified atom stereocenters. The lowest BCUT2D eigenvalue weighted by Crippen LogP contribution is -2.31. The number of nitro benzene ring substituents is 1. The molecule has 6 heteroatoms. The van der Waals surface area contributed by atoms with Crippen molar-refractivity contribution in [1.29, 1.82) is 0 Å². The van der Waals surface area contributed by atoms with Gasteiger partial charge in [-0.2, -0.15) is 0 Å². The minimum Gasteiger partial charge on any atom is -0.364 e. The van der Waals surface area contributed by atoms with Crippen LogP contribution < -0.4 is 4.90 Å². The molecule has 0 radical (unpaired) electrons. The molecule has 1 aromatic carbocycles. The van der Waals surface area contributed by atoms with Gasteiger partial charge in [-0.05, 0) is 18.9 Å². The summed E-state index contributed by atoms with van der Waals surface area (Å²) in [5, 5.41) is 10.9. The smallest absolute Gasteiger partial charge is 0.295 e. The number of rotatable bonds is 5. The second-order valence-corrected chi connectivity index (χ2v) is 4.07. The van der Waals surface area contributed by atoms with E-state index in [1.165, 1.54) is 4.90 Å². The highest BCUT2D eigenvalue weighted by atomic mass is 19.2. The molecular weight excluding hydrogens is 242 g/mol. The zero-order valence-electron chi connectivity index (χ0n) is 10.6. The standard InChI is InChI=1S/C12H16F2N2O2/c1-4-8(5-2)15(3)12-10(16(17)18)7-6-9(13)11(12)14/h6-8H,4-5H2,1-3H3. The van der Waals surface area contributed by atoms with Crippen molar-refractivity contribution in [3.05, 3.63) is 33.9 Å². The van der Waals surface area contributed by atoms with Crippen LogP contribution in [0.25, 0.3) is 0 Å². The van der Waals surface area contributed by atoms with Crippen LogP contribution in [0.5, 0.6) is 0 Å². The molecule has 100 valence electrons. The van der Waals surface area contributed by atoms with Crippen LogP contribution in [0.3, 0.4) is 0 Å². The summed E-state index contributed by atoms with van der Waals surface area (Å²) in [5.74, 6) is -2.24. The van der Waals surface area contributed by atoms with Gasteiger partial charge in [-0.25, -0.2) is 8.78 Å². The van der Waals surface area contributed by atoms with Crippen LogP contribution in [0, 0.1) is 21.7 Å². The lowest BCUT2D eigenvalue weighted by molar-refractivity contribution is -0.384. The van der Waals surface area contributed by atoms with Crippen molar-refractivity contribution in [1.82, 2.24) is 0 Å². The quantitative estimate of drug-likeness (QED) is 0.600. The summed E-state index contributed by atoms with van der Waals surface area (Å²) in [6.45, 7) is 3.79. The lowest BCUT2D eigenvalue weighted by atomic mass is 10.1. The van der Waals surface area contributed by atoms with E-state index in [-0.39, 0.29) is 11.7 Å². The van der Waals surface area contributed by atoms with E-state index in [0.717, 1.165) is 12.1 Å². The molecule has 0 aliphatic rings. The third-order valence-corrected chi connectivity index (χ3v) is 3.09. The topological polar surface area (TPSA) is 46.4 Å². The van der Waals surface area contributed by atoms with Gasteiger partial charge in [0, 0.05) is 19.2 Å². The molecule has 0 bridgehead atoms. The second-order valence-electron chi connectivity index (χ2n) is 4.07. The van der Waals surface area contributed by atoms with Gasteiger partial charge in [0.2, 0.25) is 0 Å². The number of hydrogen-bond acceptors (Lipinski definition) is 3. The maximum absolute atomic E-state index is 13.8. The molecule has 0 aromatic heterocycles. The van der Waals surface area contributed by atoms with Crippen LogP contribution >= 0.6 is 0 Å². The summed E-state index contributed by atoms with van der Waals surface area (Å²) in [7, 11) is 1.54. The molecule has 0 aliphatic heterocycles. The molecule has 0 saturated heterocycles. The van der Waals surface area contributed by atoms with Crippen molar-refractivity contribution < 1.29 is 13.7 Å². The molecule has 0 aliphatic carbocycles. The van der Waals surface area contributed by atoms with Crippen LogP contribution in [-0.4, -0.2) is 18.0 Å². The predicted octanol–water partition coefficient (Wildman–Crippen LogP) is 3.50. The summed E-state index contributed by atoms with van der Waals surface area (Å²) in [6.07, 6.45) is 1.39. The normalized spacial score (nSPS) is 10.8. The number of anilines is 1. The SMILES string of the molecule is CCC(CC)N(C)c1c([N+](=O)[O-])ccc(F)c1F. The van der Waals surface area contributed by atoms with Crippen LogP contribution in [-0.2, 0) is 0 Å². The first-order valence-corrected chi connectivity index (χ1v) is 5.79. The Balaban J connectivity index is 3.36. The average molecular weight is 258 g/mol. The van der Waals surface area contributed by atoms with Gasteiger partial charge < -0.3 is 4.90 Å². The van der Waals surface area contributed by atoms with Crippen LogP contribution in [0.4, 0.5) is 20.2 Å². The van der Waals surface area contributed by atoms with Crippen molar-refractivity contribution in [2.45, 2.75) is 32.7 Å². The van der Waals surface area contributed by atoms with E-state index in [1.807, 2.05) is 13.8 Å². The Morgan fingerprint density at radius 3 is 2.33 bits per heavy atom. The molecule has 4 nitrogen and oxygen atoms in total. The van der Waals surface area contributed by atoms with Crippen LogP contribution in [0.2, 0.25) is 0 Å². The summed E-state index contributed by atoms with van der Waals surface area (Å²) in [6, 6.07) is 1.70. The van der Waals surface area contributed by atoms with Crippen LogP contribution in [0.1, 0.15) is 26.7 Å². The Morgan fingerprint density at radius 1 is 1.33 bits per heavy atom. The molecule has 0 amide bonds. The molecule has 0 saturated carbocycles. The third-order valence-electron chi connectivity index (χ3n) is 3.09. The van der Waals surface area contributed by atoms with Gasteiger partial charge in [0.25, 0.3) is 5.69 Å². The fourth-order valence-corrected chi connectivity index (χ4v) is 2.03. The Hall–Kier alpha value is -1.72. The first kappa shape index (κ1) is 14.3. The number of hydrogen-bond donors (Lipinski definition) is 0. The number of nitro groups is 1. The van der Waals surface area contributed by atoms with E-state index in [4.69, 9.17) is 0 Å². The largest absolute Gasteiger partial charge is 0.364 e. The molecule has 0 spiro atoms. The average Bonchev–Trinajstić information content (AvgIpc) is 2.33. The zero-order valence-corrected chi connectivity index (χ0v) is 10.6. The molecule has 0 fully saturated rings. The molecule has 0 atom stereocenters. The van der Waals surface area contributed by atoms with E-state index in [9.17, 15) is 18.9 Å². The maximum atomic E-state index is 13.8. The summed E-state index contributed by atoms with van der Waals surface area (Å²) >= 11 is 0. The Bertz CT molecular complexity index is 448. The summed E-state index contributed by atoms with van der Waals surface area (Å²) in [4.78, 5) is 11.6. The molecule has 0 N–H and O–H groups in total. The minimum absolute atomic E-state index is 0.0694. The van der Waals surface area contributed by atoms with E-state index in [2.05, 4.69) is 0 Å². The van der Waals surface area contributed by atoms with Gasteiger partial charge >= 0.3 is 0 Å². The van der Waals surface area contributed by atoms with Crippen molar-refractivity contribution in [3.8, 4) is 0 Å². The highest BCUT2D eigenvalue weighted by Crippen LogP contribution is 2.33. The summed E-state index contributed by atoms with van der Waals surface area (Å²) < 4.78 is 27.0. The van der Waals surface area contributed by atoms with E-state index < -0.39 is 22.2 Å². The van der Waals surface area contributed by atoms with Gasteiger partial charge in [-0.15, -0.1) is 0 Å². The molecule has 1 rings (SSSR count). The fourth-order valence-electron chi connectivity index (χ4n) is 2.03.